The molecule has 9 heteroatoms. The van der Waals surface area contributed by atoms with Gasteiger partial charge in [-0.15, -0.1) is 0 Å². The van der Waals surface area contributed by atoms with Crippen molar-refractivity contribution in [2.24, 2.45) is 0 Å². The Morgan fingerprint density at radius 2 is 1.57 bits per heavy atom. The molecule has 0 aliphatic heterocycles. The number of hydrogen-bond donors (Lipinski definition) is 3. The number of thiocarbonyl (C=S) groups is 1. The van der Waals surface area contributed by atoms with Crippen molar-refractivity contribution in [2.75, 3.05) is 13.7 Å². The number of hydrazine groups is 1. The quantitative estimate of drug-likeness (QED) is 0.437. The molecule has 2 amide bonds. The summed E-state index contributed by atoms with van der Waals surface area (Å²) in [6.45, 7) is 3.78. The maximum Gasteiger partial charge on any atom is 0.276 e. The number of rotatable bonds is 8. The van der Waals surface area contributed by atoms with Crippen molar-refractivity contribution in [3.8, 4) is 17.2 Å². The lowest BCUT2D eigenvalue weighted by molar-refractivity contribution is -0.123. The average Bonchev–Trinajstić information content (AvgIpc) is 2.76. The molecule has 0 bridgehead atoms. The van der Waals surface area contributed by atoms with Gasteiger partial charge >= 0.3 is 0 Å². The van der Waals surface area contributed by atoms with Gasteiger partial charge in [0.2, 0.25) is 0 Å². The van der Waals surface area contributed by atoms with Crippen LogP contribution in [0.4, 0.5) is 0 Å². The zero-order chi connectivity index (χ0) is 21.9. The van der Waals surface area contributed by atoms with E-state index < -0.39 is 11.8 Å². The number of amides is 2. The molecule has 0 aliphatic rings. The summed E-state index contributed by atoms with van der Waals surface area (Å²) in [6.07, 6.45) is 0.984. The molecule has 3 N–H and O–H groups in total. The van der Waals surface area contributed by atoms with E-state index in [1.807, 2.05) is 13.8 Å². The van der Waals surface area contributed by atoms with E-state index >= 15 is 0 Å². The van der Waals surface area contributed by atoms with Crippen LogP contribution in [0.3, 0.4) is 0 Å². The van der Waals surface area contributed by atoms with Crippen molar-refractivity contribution in [2.45, 2.75) is 26.4 Å². The number of hydrogen-bond acceptors (Lipinski definition) is 6. The maximum atomic E-state index is 12.2. The lowest BCUT2D eigenvalue weighted by Crippen LogP contribution is -2.49. The predicted octanol–water partition coefficient (Wildman–Crippen LogP) is 2.59. The van der Waals surface area contributed by atoms with Crippen molar-refractivity contribution < 1.29 is 23.8 Å². The van der Waals surface area contributed by atoms with E-state index in [1.54, 1.807) is 55.6 Å². The van der Waals surface area contributed by atoms with Gasteiger partial charge in [-0.3, -0.25) is 25.8 Å². The second kappa shape index (κ2) is 11.6. The van der Waals surface area contributed by atoms with Crippen LogP contribution in [-0.4, -0.2) is 36.7 Å². The molecule has 2 rings (SSSR count). The van der Waals surface area contributed by atoms with Crippen LogP contribution in [0.1, 0.15) is 30.6 Å². The fraction of sp³-hybridized carbons (Fsp3) is 0.286. The zero-order valence-electron chi connectivity index (χ0n) is 17.1. The fourth-order valence-electron chi connectivity index (χ4n) is 2.19. The highest BCUT2D eigenvalue weighted by molar-refractivity contribution is 7.80. The third-order valence-electron chi connectivity index (χ3n) is 4.00. The molecular formula is C21H25N3O5S. The first-order valence-corrected chi connectivity index (χ1v) is 9.75. The second-order valence-corrected chi connectivity index (χ2v) is 6.69. The van der Waals surface area contributed by atoms with Crippen LogP contribution in [0, 0.1) is 0 Å². The number of benzene rings is 2. The molecule has 1 unspecified atom stereocenters. The van der Waals surface area contributed by atoms with Gasteiger partial charge in [0.1, 0.15) is 17.2 Å². The summed E-state index contributed by atoms with van der Waals surface area (Å²) in [5.74, 6) is 1.01. The van der Waals surface area contributed by atoms with Crippen LogP contribution >= 0.6 is 12.2 Å². The monoisotopic (exact) mass is 431 g/mol. The minimum atomic E-state index is -0.464. The van der Waals surface area contributed by atoms with Gasteiger partial charge in [-0.05, 0) is 74.1 Å². The van der Waals surface area contributed by atoms with Crippen LogP contribution in [0.2, 0.25) is 0 Å². The molecule has 1 atom stereocenters. The van der Waals surface area contributed by atoms with E-state index in [2.05, 4.69) is 16.2 Å². The second-order valence-electron chi connectivity index (χ2n) is 6.28. The maximum absolute atomic E-state index is 12.2. The Morgan fingerprint density at radius 3 is 2.17 bits per heavy atom. The van der Waals surface area contributed by atoms with Crippen LogP contribution in [0.5, 0.6) is 17.2 Å². The van der Waals surface area contributed by atoms with E-state index in [0.717, 1.165) is 6.42 Å². The Morgan fingerprint density at radius 1 is 0.967 bits per heavy atom. The van der Waals surface area contributed by atoms with E-state index in [1.165, 1.54) is 0 Å². The van der Waals surface area contributed by atoms with Gasteiger partial charge in [-0.2, -0.15) is 0 Å². The number of ether oxygens (including phenoxy) is 3. The molecule has 160 valence electrons. The van der Waals surface area contributed by atoms with Crippen molar-refractivity contribution in [3.05, 3.63) is 54.1 Å². The lowest BCUT2D eigenvalue weighted by atomic mass is 10.2. The molecule has 2 aromatic carbocycles. The first kappa shape index (κ1) is 23.0. The molecule has 0 heterocycles. The first-order chi connectivity index (χ1) is 14.4. The highest BCUT2D eigenvalue weighted by Gasteiger charge is 2.10. The van der Waals surface area contributed by atoms with Crippen molar-refractivity contribution >= 4 is 29.1 Å². The molecule has 0 spiro atoms. The molecule has 0 saturated heterocycles. The highest BCUT2D eigenvalue weighted by atomic mass is 32.1. The van der Waals surface area contributed by atoms with E-state index in [0.29, 0.717) is 22.8 Å². The molecular weight excluding hydrogens is 406 g/mol. The Kier molecular flexibility index (Phi) is 8.89. The summed E-state index contributed by atoms with van der Waals surface area (Å²) in [5, 5.41) is 2.44. The number of nitrogens with one attached hydrogen (secondary N) is 3. The molecule has 0 radical (unpaired) electrons. The number of methoxy groups -OCH3 is 1. The van der Waals surface area contributed by atoms with E-state index in [4.69, 9.17) is 26.4 Å². The number of carbonyl (C=O) groups is 2. The highest BCUT2D eigenvalue weighted by Crippen LogP contribution is 2.17. The Hall–Kier alpha value is -3.33. The normalized spacial score (nSPS) is 11.0. The van der Waals surface area contributed by atoms with E-state index in [9.17, 15) is 9.59 Å². The van der Waals surface area contributed by atoms with Gasteiger partial charge in [0.25, 0.3) is 11.8 Å². The molecule has 0 aliphatic carbocycles. The van der Waals surface area contributed by atoms with Gasteiger partial charge in [0, 0.05) is 5.56 Å². The van der Waals surface area contributed by atoms with Crippen molar-refractivity contribution in [1.29, 1.82) is 0 Å². The average molecular weight is 432 g/mol. The minimum absolute atomic E-state index is 0.0438. The molecule has 2 aromatic rings. The largest absolute Gasteiger partial charge is 0.497 e. The third-order valence-corrected chi connectivity index (χ3v) is 4.20. The van der Waals surface area contributed by atoms with Gasteiger partial charge in [-0.1, -0.05) is 6.92 Å². The SMILES string of the molecule is CCC(C)Oc1ccc(C(=O)NC(=S)NNC(=O)COc2ccc(OC)cc2)cc1. The molecule has 0 saturated carbocycles. The summed E-state index contributed by atoms with van der Waals surface area (Å²) in [7, 11) is 1.56. The molecule has 8 nitrogen and oxygen atoms in total. The summed E-state index contributed by atoms with van der Waals surface area (Å²) in [5.41, 5.74) is 5.22. The molecule has 0 aromatic heterocycles. The van der Waals surface area contributed by atoms with Gasteiger partial charge < -0.3 is 14.2 Å². The van der Waals surface area contributed by atoms with Gasteiger partial charge in [-0.25, -0.2) is 0 Å². The smallest absolute Gasteiger partial charge is 0.276 e. The van der Waals surface area contributed by atoms with Crippen molar-refractivity contribution in [3.63, 3.8) is 0 Å². The Labute approximate surface area is 180 Å². The minimum Gasteiger partial charge on any atom is -0.497 e. The summed E-state index contributed by atoms with van der Waals surface area (Å²) >= 11 is 5.02. The van der Waals surface area contributed by atoms with Crippen molar-refractivity contribution in [1.82, 2.24) is 16.2 Å². The Balaban J connectivity index is 1.72. The van der Waals surface area contributed by atoms with Crippen LogP contribution in [0.25, 0.3) is 0 Å². The lowest BCUT2D eigenvalue weighted by Gasteiger charge is -2.13. The molecule has 0 fully saturated rings. The van der Waals surface area contributed by atoms with E-state index in [-0.39, 0.29) is 17.8 Å². The van der Waals surface area contributed by atoms with Crippen LogP contribution in [-0.2, 0) is 4.79 Å². The topological polar surface area (TPSA) is 97.9 Å². The molecule has 30 heavy (non-hydrogen) atoms. The van der Waals surface area contributed by atoms with Gasteiger partial charge in [0.05, 0.1) is 13.2 Å². The van der Waals surface area contributed by atoms with Crippen LogP contribution in [0.15, 0.2) is 48.5 Å². The summed E-state index contributed by atoms with van der Waals surface area (Å²) < 4.78 is 16.1. The fourth-order valence-corrected chi connectivity index (χ4v) is 2.33. The summed E-state index contributed by atoms with van der Waals surface area (Å²) in [6, 6.07) is 13.5. The standard InChI is InChI=1S/C21H25N3O5S/c1-4-14(2)29-18-7-5-15(6-8-18)20(26)22-21(30)24-23-19(25)13-28-17-11-9-16(27-3)10-12-17/h5-12,14H,4,13H2,1-3H3,(H,23,25)(H2,22,24,26,30). The summed E-state index contributed by atoms with van der Waals surface area (Å²) in [4.78, 5) is 24.1. The third kappa shape index (κ3) is 7.59. The van der Waals surface area contributed by atoms with Crippen LogP contribution < -0.4 is 30.4 Å². The zero-order valence-corrected chi connectivity index (χ0v) is 17.9. The number of carbonyl (C=O) groups excluding carboxylic acids is 2. The van der Waals surface area contributed by atoms with Gasteiger partial charge in [0.15, 0.2) is 11.7 Å². The predicted molar refractivity (Wildman–Crippen MR) is 117 cm³/mol. The first-order valence-electron chi connectivity index (χ1n) is 9.35. The Bertz CT molecular complexity index is 856.